The standard InChI is InChI=1S/C16H18N6O5/c1-26-13-7-10(22-9-17-19-20-22)3-4-12(13)18-14-11(16(25)27-2)8-21(5-6-23)15(14)24/h3-4,7,9,18,23H,5-6,8H2,1-2H3. The minimum Gasteiger partial charge on any atom is -0.494 e. The molecule has 27 heavy (non-hydrogen) atoms. The molecule has 0 unspecified atom stereocenters. The average Bonchev–Trinajstić information content (AvgIpc) is 3.32. The molecule has 0 radical (unpaired) electrons. The molecule has 1 aromatic heterocycles. The Morgan fingerprint density at radius 1 is 1.37 bits per heavy atom. The van der Waals surface area contributed by atoms with E-state index in [1.165, 1.54) is 30.1 Å². The SMILES string of the molecule is COC(=O)C1=C(Nc2ccc(-n3cnnn3)cc2OC)C(=O)N(CCO)C1. The number of hydrogen-bond donors (Lipinski definition) is 2. The Kier molecular flexibility index (Phi) is 5.31. The van der Waals surface area contributed by atoms with Crippen LogP contribution in [0.15, 0.2) is 35.8 Å². The molecule has 1 aliphatic rings. The molecule has 2 N–H and O–H groups in total. The minimum absolute atomic E-state index is 0.0550. The van der Waals surface area contributed by atoms with Crippen molar-refractivity contribution in [2.24, 2.45) is 0 Å². The highest BCUT2D eigenvalue weighted by Crippen LogP contribution is 2.30. The molecule has 0 fully saturated rings. The molecule has 1 amide bonds. The van der Waals surface area contributed by atoms with E-state index in [-0.39, 0.29) is 31.0 Å². The van der Waals surface area contributed by atoms with E-state index in [0.29, 0.717) is 17.1 Å². The van der Waals surface area contributed by atoms with E-state index in [1.807, 2.05) is 0 Å². The van der Waals surface area contributed by atoms with E-state index in [2.05, 4.69) is 20.8 Å². The van der Waals surface area contributed by atoms with Crippen LogP contribution in [0.25, 0.3) is 5.69 Å². The number of methoxy groups -OCH3 is 2. The van der Waals surface area contributed by atoms with Crippen LogP contribution >= 0.6 is 0 Å². The lowest BCUT2D eigenvalue weighted by atomic mass is 10.2. The molecule has 11 nitrogen and oxygen atoms in total. The van der Waals surface area contributed by atoms with Crippen LogP contribution in [0.5, 0.6) is 5.75 Å². The summed E-state index contributed by atoms with van der Waals surface area (Å²) in [6.07, 6.45) is 1.44. The van der Waals surface area contributed by atoms with Gasteiger partial charge in [-0.25, -0.2) is 9.48 Å². The molecule has 142 valence electrons. The number of amides is 1. The number of benzene rings is 1. The van der Waals surface area contributed by atoms with Gasteiger partial charge < -0.3 is 24.8 Å². The number of nitrogens with one attached hydrogen (secondary N) is 1. The van der Waals surface area contributed by atoms with Crippen LogP contribution in [0.4, 0.5) is 5.69 Å². The smallest absolute Gasteiger partial charge is 0.337 e. The zero-order chi connectivity index (χ0) is 19.4. The van der Waals surface area contributed by atoms with E-state index >= 15 is 0 Å². The fraction of sp³-hybridized carbons (Fsp3) is 0.312. The number of carbonyl (C=O) groups is 2. The summed E-state index contributed by atoms with van der Waals surface area (Å²) in [5.74, 6) is -0.597. The van der Waals surface area contributed by atoms with Crippen molar-refractivity contribution < 1.29 is 24.2 Å². The van der Waals surface area contributed by atoms with Crippen molar-refractivity contribution in [1.82, 2.24) is 25.1 Å². The van der Waals surface area contributed by atoms with Gasteiger partial charge in [-0.1, -0.05) is 0 Å². The van der Waals surface area contributed by atoms with Gasteiger partial charge in [-0.15, -0.1) is 5.10 Å². The van der Waals surface area contributed by atoms with Crippen molar-refractivity contribution in [1.29, 1.82) is 0 Å². The summed E-state index contributed by atoms with van der Waals surface area (Å²) < 4.78 is 11.6. The summed E-state index contributed by atoms with van der Waals surface area (Å²) in [5, 5.41) is 23.0. The second kappa shape index (κ2) is 7.83. The number of aliphatic hydroxyl groups is 1. The van der Waals surface area contributed by atoms with Gasteiger partial charge in [0.15, 0.2) is 0 Å². The second-order valence-electron chi connectivity index (χ2n) is 5.56. The first-order valence-corrected chi connectivity index (χ1v) is 7.99. The van der Waals surface area contributed by atoms with Crippen LogP contribution in [0.3, 0.4) is 0 Å². The molecule has 2 aromatic rings. The van der Waals surface area contributed by atoms with E-state index in [9.17, 15) is 9.59 Å². The highest BCUT2D eigenvalue weighted by atomic mass is 16.5. The lowest BCUT2D eigenvalue weighted by molar-refractivity contribution is -0.136. The zero-order valence-corrected chi connectivity index (χ0v) is 14.7. The number of esters is 1. The van der Waals surface area contributed by atoms with Gasteiger partial charge in [0.05, 0.1) is 44.3 Å². The van der Waals surface area contributed by atoms with Gasteiger partial charge in [-0.3, -0.25) is 4.79 Å². The van der Waals surface area contributed by atoms with E-state index in [4.69, 9.17) is 14.6 Å². The number of carbonyl (C=O) groups excluding carboxylic acids is 2. The maximum absolute atomic E-state index is 12.6. The first-order chi connectivity index (χ1) is 13.1. The maximum Gasteiger partial charge on any atom is 0.337 e. The van der Waals surface area contributed by atoms with Crippen LogP contribution in [-0.2, 0) is 14.3 Å². The lowest BCUT2D eigenvalue weighted by Gasteiger charge is -2.16. The normalized spacial score (nSPS) is 13.9. The van der Waals surface area contributed by atoms with Gasteiger partial charge in [-0.05, 0) is 22.6 Å². The number of rotatable bonds is 7. The molecule has 1 aliphatic heterocycles. The summed E-state index contributed by atoms with van der Waals surface area (Å²) in [5.41, 5.74) is 1.40. The number of β-amino-alcohol motifs (C(OH)–C–C–N with tert-alkyl or cyclic N) is 1. The molecule has 2 heterocycles. The third-order valence-corrected chi connectivity index (χ3v) is 4.01. The molecule has 0 bridgehead atoms. The summed E-state index contributed by atoms with van der Waals surface area (Å²) in [6, 6.07) is 5.09. The van der Waals surface area contributed by atoms with Crippen LogP contribution in [0, 0.1) is 0 Å². The summed E-state index contributed by atoms with van der Waals surface area (Å²) >= 11 is 0. The molecule has 11 heteroatoms. The second-order valence-corrected chi connectivity index (χ2v) is 5.56. The Labute approximate surface area is 154 Å². The number of tetrazole rings is 1. The quantitative estimate of drug-likeness (QED) is 0.606. The molecule has 0 atom stereocenters. The topological polar surface area (TPSA) is 132 Å². The van der Waals surface area contributed by atoms with E-state index in [0.717, 1.165) is 0 Å². The summed E-state index contributed by atoms with van der Waals surface area (Å²) in [4.78, 5) is 26.0. The monoisotopic (exact) mass is 374 g/mol. The predicted molar refractivity (Wildman–Crippen MR) is 92.0 cm³/mol. The molecule has 0 aliphatic carbocycles. The Morgan fingerprint density at radius 2 is 2.19 bits per heavy atom. The van der Waals surface area contributed by atoms with E-state index < -0.39 is 11.9 Å². The fourth-order valence-corrected chi connectivity index (χ4v) is 2.69. The highest BCUT2D eigenvalue weighted by Gasteiger charge is 2.34. The zero-order valence-electron chi connectivity index (χ0n) is 14.7. The number of aromatic nitrogens is 4. The van der Waals surface area contributed by atoms with Gasteiger partial charge >= 0.3 is 5.97 Å². The largest absolute Gasteiger partial charge is 0.494 e. The molecular weight excluding hydrogens is 356 g/mol. The molecule has 0 saturated heterocycles. The molecular formula is C16H18N6O5. The van der Waals surface area contributed by atoms with Gasteiger partial charge in [0.2, 0.25) is 0 Å². The van der Waals surface area contributed by atoms with Crippen molar-refractivity contribution in [3.63, 3.8) is 0 Å². The Hall–Kier alpha value is -3.47. The number of anilines is 1. The van der Waals surface area contributed by atoms with Gasteiger partial charge in [0.25, 0.3) is 5.91 Å². The average molecular weight is 374 g/mol. The van der Waals surface area contributed by atoms with Crippen molar-refractivity contribution in [3.8, 4) is 11.4 Å². The minimum atomic E-state index is -0.615. The van der Waals surface area contributed by atoms with Crippen molar-refractivity contribution in [3.05, 3.63) is 35.8 Å². The van der Waals surface area contributed by atoms with Crippen LogP contribution in [-0.4, -0.2) is 76.0 Å². The number of ether oxygens (including phenoxy) is 2. The van der Waals surface area contributed by atoms with Crippen molar-refractivity contribution in [2.75, 3.05) is 39.2 Å². The molecule has 0 saturated carbocycles. The van der Waals surface area contributed by atoms with Gasteiger partial charge in [0, 0.05) is 12.6 Å². The van der Waals surface area contributed by atoms with Gasteiger partial charge in [-0.2, -0.15) is 0 Å². The lowest BCUT2D eigenvalue weighted by Crippen LogP contribution is -2.31. The van der Waals surface area contributed by atoms with Crippen molar-refractivity contribution >= 4 is 17.6 Å². The fourth-order valence-electron chi connectivity index (χ4n) is 2.69. The molecule has 3 rings (SSSR count). The summed E-state index contributed by atoms with van der Waals surface area (Å²) in [6.45, 7) is -0.0449. The summed E-state index contributed by atoms with van der Waals surface area (Å²) in [7, 11) is 2.72. The third-order valence-electron chi connectivity index (χ3n) is 4.01. The highest BCUT2D eigenvalue weighted by molar-refractivity contribution is 6.08. The van der Waals surface area contributed by atoms with Gasteiger partial charge in [0.1, 0.15) is 17.8 Å². The van der Waals surface area contributed by atoms with Crippen LogP contribution < -0.4 is 10.1 Å². The Balaban J connectivity index is 1.94. The predicted octanol–water partition coefficient (Wildman–Crippen LogP) is -0.656. The maximum atomic E-state index is 12.6. The Bertz CT molecular complexity index is 879. The molecule has 0 spiro atoms. The number of hydrogen-bond acceptors (Lipinski definition) is 9. The first-order valence-electron chi connectivity index (χ1n) is 7.99. The first kappa shape index (κ1) is 18.3. The van der Waals surface area contributed by atoms with Crippen molar-refractivity contribution in [2.45, 2.75) is 0 Å². The van der Waals surface area contributed by atoms with Crippen LogP contribution in [0.2, 0.25) is 0 Å². The third kappa shape index (κ3) is 3.58. The van der Waals surface area contributed by atoms with Crippen LogP contribution in [0.1, 0.15) is 0 Å². The molecule has 1 aromatic carbocycles. The Morgan fingerprint density at radius 3 is 2.81 bits per heavy atom. The number of nitrogens with zero attached hydrogens (tertiary/aromatic N) is 5. The van der Waals surface area contributed by atoms with E-state index in [1.54, 1.807) is 18.2 Å². The number of aliphatic hydroxyl groups excluding tert-OH is 1.